The number of halogens is 1. The van der Waals surface area contributed by atoms with Crippen LogP contribution in [0.1, 0.15) is 21.6 Å². The number of aromatic amines is 1. The van der Waals surface area contributed by atoms with Gasteiger partial charge in [-0.2, -0.15) is 15.4 Å². The number of nitrogens with one attached hydrogen (secondary N) is 2. The molecule has 0 radical (unpaired) electrons. The van der Waals surface area contributed by atoms with Gasteiger partial charge in [0.1, 0.15) is 5.82 Å². The summed E-state index contributed by atoms with van der Waals surface area (Å²) in [6.07, 6.45) is 1.26. The van der Waals surface area contributed by atoms with E-state index in [1.165, 1.54) is 18.3 Å². The van der Waals surface area contributed by atoms with E-state index in [4.69, 9.17) is 10.9 Å². The largest absolute Gasteiger partial charge is 0.409 e. The maximum atomic E-state index is 13.8. The molecule has 8 nitrogen and oxygen atoms in total. The fourth-order valence-corrected chi connectivity index (χ4v) is 1.48. The first-order chi connectivity index (χ1) is 9.61. The topological polar surface area (TPSA) is 129 Å². The van der Waals surface area contributed by atoms with Crippen LogP contribution < -0.4 is 11.1 Å². The number of carbonyl (C=O) groups is 1. The Morgan fingerprint density at radius 3 is 2.95 bits per heavy atom. The lowest BCUT2D eigenvalue weighted by Gasteiger charge is -2.06. The lowest BCUT2D eigenvalue weighted by atomic mass is 10.1. The molecule has 0 spiro atoms. The molecule has 0 aliphatic carbocycles. The van der Waals surface area contributed by atoms with E-state index < -0.39 is 11.7 Å². The van der Waals surface area contributed by atoms with Crippen LogP contribution in [-0.2, 0) is 6.54 Å². The van der Waals surface area contributed by atoms with E-state index in [1.54, 1.807) is 0 Å². The van der Waals surface area contributed by atoms with E-state index in [0.717, 1.165) is 6.07 Å². The fraction of sp³-hybridized carbons (Fsp3) is 0.0909. The van der Waals surface area contributed by atoms with Gasteiger partial charge in [0.2, 0.25) is 0 Å². The van der Waals surface area contributed by atoms with Crippen molar-refractivity contribution in [2.75, 3.05) is 0 Å². The SMILES string of the molecule is N/C(=N/O)c1ccc(CNC(=O)c2cn[nH]n2)c(F)c1. The zero-order valence-electron chi connectivity index (χ0n) is 10.2. The predicted octanol–water partition coefficient (Wildman–Crippen LogP) is -0.0317. The van der Waals surface area contributed by atoms with E-state index in [1.807, 2.05) is 0 Å². The monoisotopic (exact) mass is 278 g/mol. The fourth-order valence-electron chi connectivity index (χ4n) is 1.48. The van der Waals surface area contributed by atoms with E-state index in [2.05, 4.69) is 25.9 Å². The number of rotatable bonds is 4. The van der Waals surface area contributed by atoms with Gasteiger partial charge in [0.15, 0.2) is 11.5 Å². The third-order valence-electron chi connectivity index (χ3n) is 2.54. The Bertz CT molecular complexity index is 640. The van der Waals surface area contributed by atoms with Gasteiger partial charge in [-0.25, -0.2) is 4.39 Å². The number of hydrogen-bond donors (Lipinski definition) is 4. The maximum absolute atomic E-state index is 13.8. The van der Waals surface area contributed by atoms with Crippen molar-refractivity contribution in [1.29, 1.82) is 0 Å². The molecule has 20 heavy (non-hydrogen) atoms. The van der Waals surface area contributed by atoms with E-state index >= 15 is 0 Å². The van der Waals surface area contributed by atoms with Crippen molar-refractivity contribution in [3.8, 4) is 0 Å². The molecule has 0 saturated carbocycles. The Morgan fingerprint density at radius 2 is 2.35 bits per heavy atom. The van der Waals surface area contributed by atoms with Crippen molar-refractivity contribution in [2.24, 2.45) is 10.9 Å². The van der Waals surface area contributed by atoms with Crippen LogP contribution >= 0.6 is 0 Å². The second-order valence-corrected chi connectivity index (χ2v) is 3.83. The van der Waals surface area contributed by atoms with Crippen LogP contribution in [-0.4, -0.2) is 32.4 Å². The quantitative estimate of drug-likeness (QED) is 0.270. The molecule has 1 aromatic heterocycles. The molecule has 0 aliphatic rings. The van der Waals surface area contributed by atoms with Crippen LogP contribution in [0.3, 0.4) is 0 Å². The molecule has 1 amide bonds. The highest BCUT2D eigenvalue weighted by atomic mass is 19.1. The lowest BCUT2D eigenvalue weighted by Crippen LogP contribution is -2.24. The zero-order valence-corrected chi connectivity index (χ0v) is 10.2. The smallest absolute Gasteiger partial charge is 0.273 e. The maximum Gasteiger partial charge on any atom is 0.273 e. The first-order valence-corrected chi connectivity index (χ1v) is 5.52. The Hall–Kier alpha value is -2.97. The second-order valence-electron chi connectivity index (χ2n) is 3.83. The first kappa shape index (κ1) is 13.5. The summed E-state index contributed by atoms with van der Waals surface area (Å²) in [5, 5.41) is 23.2. The van der Waals surface area contributed by atoms with E-state index in [9.17, 15) is 9.18 Å². The highest BCUT2D eigenvalue weighted by molar-refractivity contribution is 5.97. The summed E-state index contributed by atoms with van der Waals surface area (Å²) < 4.78 is 13.8. The number of oxime groups is 1. The first-order valence-electron chi connectivity index (χ1n) is 5.52. The van der Waals surface area contributed by atoms with Crippen molar-refractivity contribution in [2.45, 2.75) is 6.54 Å². The molecular formula is C11H11FN6O2. The molecule has 0 atom stereocenters. The Kier molecular flexibility index (Phi) is 3.89. The van der Waals surface area contributed by atoms with Crippen molar-refractivity contribution in [3.63, 3.8) is 0 Å². The molecule has 2 rings (SSSR count). The lowest BCUT2D eigenvalue weighted by molar-refractivity contribution is 0.0945. The third kappa shape index (κ3) is 2.88. The highest BCUT2D eigenvalue weighted by Crippen LogP contribution is 2.10. The normalized spacial score (nSPS) is 11.3. The molecular weight excluding hydrogens is 267 g/mol. The molecule has 0 bridgehead atoms. The van der Waals surface area contributed by atoms with Gasteiger partial charge in [-0.1, -0.05) is 17.3 Å². The summed E-state index contributed by atoms with van der Waals surface area (Å²) in [5.74, 6) is -1.24. The highest BCUT2D eigenvalue weighted by Gasteiger charge is 2.10. The molecule has 0 saturated heterocycles. The van der Waals surface area contributed by atoms with Crippen molar-refractivity contribution >= 4 is 11.7 Å². The molecule has 0 unspecified atom stereocenters. The average molecular weight is 278 g/mol. The van der Waals surface area contributed by atoms with Gasteiger partial charge in [0.25, 0.3) is 5.91 Å². The van der Waals surface area contributed by atoms with Crippen molar-refractivity contribution < 1.29 is 14.4 Å². The number of benzene rings is 1. The third-order valence-corrected chi connectivity index (χ3v) is 2.54. The van der Waals surface area contributed by atoms with Gasteiger partial charge < -0.3 is 16.3 Å². The van der Waals surface area contributed by atoms with Gasteiger partial charge >= 0.3 is 0 Å². The number of H-pyrrole nitrogens is 1. The number of carbonyl (C=O) groups excluding carboxylic acids is 1. The average Bonchev–Trinajstić information content (AvgIpc) is 2.99. The minimum Gasteiger partial charge on any atom is -0.409 e. The van der Waals surface area contributed by atoms with Crippen LogP contribution in [0.2, 0.25) is 0 Å². The van der Waals surface area contributed by atoms with Crippen molar-refractivity contribution in [1.82, 2.24) is 20.7 Å². The summed E-state index contributed by atoms with van der Waals surface area (Å²) in [6.45, 7) is -0.0199. The van der Waals surface area contributed by atoms with Gasteiger partial charge in [-0.05, 0) is 6.07 Å². The van der Waals surface area contributed by atoms with Gasteiger partial charge in [-0.3, -0.25) is 4.79 Å². The van der Waals surface area contributed by atoms with E-state index in [0.29, 0.717) is 0 Å². The van der Waals surface area contributed by atoms with Gasteiger partial charge in [0, 0.05) is 17.7 Å². The van der Waals surface area contributed by atoms with Crippen LogP contribution in [0, 0.1) is 5.82 Å². The van der Waals surface area contributed by atoms with Gasteiger partial charge in [-0.15, -0.1) is 0 Å². The number of nitrogens with zero attached hydrogens (tertiary/aromatic N) is 3. The molecule has 104 valence electrons. The number of amides is 1. The van der Waals surface area contributed by atoms with E-state index in [-0.39, 0.29) is 29.2 Å². The van der Waals surface area contributed by atoms with Crippen LogP contribution in [0.25, 0.3) is 0 Å². The van der Waals surface area contributed by atoms with Crippen LogP contribution in [0.5, 0.6) is 0 Å². The van der Waals surface area contributed by atoms with Crippen molar-refractivity contribution in [3.05, 3.63) is 47.0 Å². The summed E-state index contributed by atoms with van der Waals surface area (Å²) in [6, 6.07) is 4.04. The molecule has 1 aromatic carbocycles. The zero-order chi connectivity index (χ0) is 14.5. The molecule has 5 N–H and O–H groups in total. The molecule has 0 aliphatic heterocycles. The standard InChI is InChI=1S/C11H11FN6O2/c12-8-3-6(10(13)17-20)1-2-7(8)4-14-11(19)9-5-15-18-16-9/h1-3,5,20H,4H2,(H2,13,17)(H,14,19)(H,15,16,18). The minimum atomic E-state index is -0.574. The summed E-state index contributed by atoms with van der Waals surface area (Å²) in [5.41, 5.74) is 5.96. The number of aromatic nitrogens is 3. The molecule has 9 heteroatoms. The van der Waals surface area contributed by atoms with Gasteiger partial charge in [0.05, 0.1) is 6.20 Å². The van der Waals surface area contributed by atoms with Crippen LogP contribution in [0.15, 0.2) is 29.6 Å². The Labute approximate surface area is 112 Å². The van der Waals surface area contributed by atoms with Crippen LogP contribution in [0.4, 0.5) is 4.39 Å². The number of amidine groups is 1. The Morgan fingerprint density at radius 1 is 1.55 bits per heavy atom. The summed E-state index contributed by atoms with van der Waals surface area (Å²) in [4.78, 5) is 11.6. The molecule has 0 fully saturated rings. The predicted molar refractivity (Wildman–Crippen MR) is 66.5 cm³/mol. The Balaban J connectivity index is 2.05. The summed E-state index contributed by atoms with van der Waals surface area (Å²) >= 11 is 0. The summed E-state index contributed by atoms with van der Waals surface area (Å²) in [7, 11) is 0. The molecule has 1 heterocycles. The minimum absolute atomic E-state index is 0.0199. The molecule has 2 aromatic rings. The number of nitrogens with two attached hydrogens (primary N) is 1. The number of hydrogen-bond acceptors (Lipinski definition) is 5. The second kappa shape index (κ2) is 5.78.